The molecule has 8 heterocycles. The number of benzene rings is 23. The maximum absolute atomic E-state index is 3.70. The van der Waals surface area contributed by atoms with E-state index in [-0.39, 0.29) is 0 Å². The third-order valence-electron chi connectivity index (χ3n) is 28.1. The molecule has 0 saturated carbocycles. The summed E-state index contributed by atoms with van der Waals surface area (Å²) in [5.74, 6) is 0. The summed E-state index contributed by atoms with van der Waals surface area (Å²) in [6, 6.07) is 162. The molecule has 0 radical (unpaired) electrons. The predicted molar refractivity (Wildman–Crippen MR) is 563 cm³/mol. The van der Waals surface area contributed by atoms with Gasteiger partial charge in [-0.15, -0.1) is 0 Å². The molecule has 0 spiro atoms. The fourth-order valence-electron chi connectivity index (χ4n) is 22.2. The Morgan fingerprint density at radius 1 is 0.121 bits per heavy atom. The largest absolute Gasteiger partial charge is 0.354 e. The number of nitrogens with zero attached hydrogens (tertiary/aromatic N) is 4. The molecule has 0 aliphatic carbocycles. The lowest BCUT2D eigenvalue weighted by Gasteiger charge is -2.12. The van der Waals surface area contributed by atoms with E-state index in [1.54, 1.807) is 0 Å². The summed E-state index contributed by atoms with van der Waals surface area (Å²) in [7, 11) is 0. The summed E-state index contributed by atoms with van der Waals surface area (Å²) in [6.07, 6.45) is 0. The summed E-state index contributed by atoms with van der Waals surface area (Å²) in [5, 5.41) is 38.3. The molecule has 8 nitrogen and oxygen atoms in total. The molecule has 0 aliphatic rings. The summed E-state index contributed by atoms with van der Waals surface area (Å²) < 4.78 is 9.67. The van der Waals surface area contributed by atoms with E-state index in [0.29, 0.717) is 0 Å². The number of rotatable bonds is 4. The van der Waals surface area contributed by atoms with Gasteiger partial charge in [0.15, 0.2) is 0 Å². The van der Waals surface area contributed by atoms with E-state index >= 15 is 0 Å². The van der Waals surface area contributed by atoms with Crippen molar-refractivity contribution >= 4 is 250 Å². The molecule has 4 N–H and O–H groups in total. The van der Waals surface area contributed by atoms with Gasteiger partial charge < -0.3 is 38.2 Å². The van der Waals surface area contributed by atoms with E-state index in [9.17, 15) is 0 Å². The highest BCUT2D eigenvalue weighted by Crippen LogP contribution is 2.48. The van der Waals surface area contributed by atoms with Crippen LogP contribution in [0, 0.1) is 0 Å². The number of fused-ring (bicyclic) bond motifs is 36. The molecule has 0 aliphatic heterocycles. The van der Waals surface area contributed by atoms with Crippen LogP contribution in [0.3, 0.4) is 0 Å². The number of nitrogens with one attached hydrogen (secondary N) is 4. The van der Waals surface area contributed by atoms with Crippen LogP contribution in [0.2, 0.25) is 0 Å². The Balaban J connectivity index is 0.0000000882. The highest BCUT2D eigenvalue weighted by Gasteiger charge is 2.25. The van der Waals surface area contributed by atoms with Crippen LogP contribution in [0.15, 0.2) is 449 Å². The van der Waals surface area contributed by atoms with Crippen molar-refractivity contribution in [3.05, 3.63) is 449 Å². The van der Waals surface area contributed by atoms with E-state index in [4.69, 9.17) is 0 Å². The van der Waals surface area contributed by atoms with Crippen molar-refractivity contribution in [2.75, 3.05) is 0 Å². The molecule has 0 fully saturated rings. The Morgan fingerprint density at radius 2 is 0.409 bits per heavy atom. The lowest BCUT2D eigenvalue weighted by atomic mass is 9.96. The van der Waals surface area contributed by atoms with E-state index in [1.165, 1.54) is 273 Å². The fraction of sp³-hybridized carbons (Fsp3) is 0. The van der Waals surface area contributed by atoms with Crippen LogP contribution in [0.4, 0.5) is 0 Å². The zero-order valence-corrected chi connectivity index (χ0v) is 71.5. The maximum Gasteiger partial charge on any atom is 0.0625 e. The van der Waals surface area contributed by atoms with Gasteiger partial charge in [-0.2, -0.15) is 0 Å². The summed E-state index contributed by atoms with van der Waals surface area (Å²) in [5.41, 5.74) is 24.1. The summed E-state index contributed by atoms with van der Waals surface area (Å²) >= 11 is 0. The first-order valence-electron chi connectivity index (χ1n) is 45.4. The van der Waals surface area contributed by atoms with Gasteiger partial charge in [0, 0.05) is 158 Å². The van der Waals surface area contributed by atoms with Crippen molar-refractivity contribution in [1.29, 1.82) is 0 Å². The molecule has 0 amide bonds. The van der Waals surface area contributed by atoms with Crippen LogP contribution in [-0.2, 0) is 0 Å². The minimum Gasteiger partial charge on any atom is -0.354 e. The van der Waals surface area contributed by atoms with Crippen molar-refractivity contribution in [3.8, 4) is 22.7 Å². The second-order valence-electron chi connectivity index (χ2n) is 35.3. The molecule has 0 unspecified atom stereocenters. The first-order chi connectivity index (χ1) is 65.4. The van der Waals surface area contributed by atoms with Gasteiger partial charge in [0.1, 0.15) is 0 Å². The molecular formula is C124H78N8. The fourth-order valence-corrected chi connectivity index (χ4v) is 22.2. The topological polar surface area (TPSA) is 82.9 Å². The third-order valence-corrected chi connectivity index (χ3v) is 28.1. The quantitative estimate of drug-likeness (QED) is 0.127. The third kappa shape index (κ3) is 11.3. The Labute approximate surface area is 754 Å². The van der Waals surface area contributed by atoms with Gasteiger partial charge in [-0.25, -0.2) is 0 Å². The number of H-pyrrole nitrogens is 4. The first-order valence-corrected chi connectivity index (χ1v) is 45.4. The molecule has 614 valence electrons. The van der Waals surface area contributed by atoms with Gasteiger partial charge in [-0.1, -0.05) is 291 Å². The lowest BCUT2D eigenvalue weighted by molar-refractivity contribution is 1.18. The van der Waals surface area contributed by atoms with Gasteiger partial charge >= 0.3 is 0 Å². The number of aromatic nitrogens is 8. The zero-order chi connectivity index (χ0) is 86.3. The van der Waals surface area contributed by atoms with Crippen LogP contribution < -0.4 is 0 Å². The Bertz CT molecular complexity index is 10200. The lowest BCUT2D eigenvalue weighted by Crippen LogP contribution is -1.94. The highest BCUT2D eigenvalue weighted by atomic mass is 15.0. The zero-order valence-electron chi connectivity index (χ0n) is 71.5. The second-order valence-corrected chi connectivity index (χ2v) is 35.3. The number of hydrogen-bond acceptors (Lipinski definition) is 0. The molecular weight excluding hydrogens is 1600 g/mol. The average Bonchev–Trinajstić information content (AvgIpc) is 1.54. The SMILES string of the molecule is c1ccc(-n2c3cc4c(cc3c3c5ccccc5c5ccccc5c32)[nH]c2ccccc24)cc1.c1ccc(-n2c3cc4ccccc4cc3c3cc4[nH]c5cc6ccccc6cc5c4cc32)cc1.c1ccc(-n2c3cc4ccccc4cc3c3cc4[nH]c5ccc6ccccc6c5c4cc32)cc1.c1ccc(-n2c3ccccc3c3cc4[nH]c5ccc6ccccc6c5c4cc32)cc1. The van der Waals surface area contributed by atoms with Crippen LogP contribution in [-0.4, -0.2) is 38.2 Å². The van der Waals surface area contributed by atoms with Crippen LogP contribution in [0.1, 0.15) is 0 Å². The van der Waals surface area contributed by atoms with Gasteiger partial charge in [0.25, 0.3) is 0 Å². The molecule has 31 rings (SSSR count). The molecule has 0 atom stereocenters. The molecule has 8 aromatic heterocycles. The van der Waals surface area contributed by atoms with Crippen molar-refractivity contribution in [2.45, 2.75) is 0 Å². The number of para-hydroxylation sites is 6. The van der Waals surface area contributed by atoms with Crippen molar-refractivity contribution in [1.82, 2.24) is 38.2 Å². The van der Waals surface area contributed by atoms with Crippen LogP contribution in [0.5, 0.6) is 0 Å². The average molecular weight is 1680 g/mol. The Kier molecular flexibility index (Phi) is 16.1. The minimum absolute atomic E-state index is 1.18. The van der Waals surface area contributed by atoms with E-state index in [0.717, 1.165) is 0 Å². The smallest absolute Gasteiger partial charge is 0.0625 e. The second kappa shape index (κ2) is 28.9. The highest BCUT2D eigenvalue weighted by molar-refractivity contribution is 6.34. The van der Waals surface area contributed by atoms with E-state index in [1.807, 2.05) is 0 Å². The van der Waals surface area contributed by atoms with Gasteiger partial charge in [0.05, 0.1) is 44.1 Å². The summed E-state index contributed by atoms with van der Waals surface area (Å²) in [6.45, 7) is 0. The van der Waals surface area contributed by atoms with Crippen molar-refractivity contribution < 1.29 is 0 Å². The molecule has 31 aromatic rings. The standard InChI is InChI=1S/3C32H20N2.C28H18N2/c1-2-10-20(11-3-1)34-30-19-26-23-14-8-9-17-28(23)33-29(26)18-27(30)31-24-15-6-4-12-21(24)22-13-5-7-16-25(22)32(31)34;1-2-12-24(13-3-1)34-31-17-23-11-7-5-9-21(23)15-27(31)28-18-30-26(19-32(28)34)25-14-20-8-4-6-10-22(20)16-29(25)33-30;1-2-11-23(12-3-1)34-30-17-22-10-5-4-9-21(22)16-25(30)26-18-29-27(19-31(26)34)32-24-13-7-6-8-20(24)14-15-28(32)33-29;1-2-9-19(10-3-1)30-26-13-7-6-12-21(26)22-16-25-23(17-27(22)30)28-20-11-5-4-8-18(20)14-15-24(28)29-25/h3*1-19,33H;1-17,29H. The molecule has 0 saturated heterocycles. The Morgan fingerprint density at radius 3 is 0.909 bits per heavy atom. The minimum atomic E-state index is 1.18. The number of aromatic amines is 4. The molecule has 8 heteroatoms. The first kappa shape index (κ1) is 73.5. The predicted octanol–water partition coefficient (Wildman–Crippen LogP) is 33.7. The van der Waals surface area contributed by atoms with Crippen molar-refractivity contribution in [3.63, 3.8) is 0 Å². The van der Waals surface area contributed by atoms with Gasteiger partial charge in [0.2, 0.25) is 0 Å². The van der Waals surface area contributed by atoms with Gasteiger partial charge in [-0.05, 0) is 228 Å². The molecule has 0 bridgehead atoms. The summed E-state index contributed by atoms with van der Waals surface area (Å²) in [4.78, 5) is 14.7. The normalized spacial score (nSPS) is 12.1. The monoisotopic (exact) mass is 1680 g/mol. The Hall–Kier alpha value is -17.7. The van der Waals surface area contributed by atoms with Crippen molar-refractivity contribution in [2.24, 2.45) is 0 Å². The van der Waals surface area contributed by atoms with Crippen LogP contribution in [0.25, 0.3) is 273 Å². The molecule has 132 heavy (non-hydrogen) atoms. The van der Waals surface area contributed by atoms with E-state index in [2.05, 4.69) is 487 Å². The van der Waals surface area contributed by atoms with Crippen LogP contribution >= 0.6 is 0 Å². The number of hydrogen-bond donors (Lipinski definition) is 4. The van der Waals surface area contributed by atoms with E-state index < -0.39 is 0 Å². The molecule has 23 aromatic carbocycles. The maximum atomic E-state index is 3.70. The van der Waals surface area contributed by atoms with Gasteiger partial charge in [-0.3, -0.25) is 0 Å².